The number of hydrogen-bond donors (Lipinski definition) is 2. The highest BCUT2D eigenvalue weighted by molar-refractivity contribution is 7.13. The Balaban J connectivity index is 1.81. The molecule has 106 valence electrons. The molecule has 2 rings (SSSR count). The van der Waals surface area contributed by atoms with Crippen molar-refractivity contribution in [1.29, 1.82) is 0 Å². The van der Waals surface area contributed by atoms with Crippen LogP contribution in [-0.2, 0) is 9.53 Å². The Bertz CT molecular complexity index is 435. The molecule has 6 nitrogen and oxygen atoms in total. The minimum absolute atomic E-state index is 0.00339. The lowest BCUT2D eigenvalue weighted by molar-refractivity contribution is -0.119. The second-order valence-electron chi connectivity index (χ2n) is 4.85. The summed E-state index contributed by atoms with van der Waals surface area (Å²) in [6.07, 6.45) is 0.00339. The normalized spacial score (nSPS) is 22.2. The highest BCUT2D eigenvalue weighted by Crippen LogP contribution is 2.14. The third-order valence-corrected chi connectivity index (χ3v) is 3.87. The summed E-state index contributed by atoms with van der Waals surface area (Å²) in [5, 5.41) is 5.37. The van der Waals surface area contributed by atoms with Gasteiger partial charge in [-0.2, -0.15) is 0 Å². The molecular weight excluding hydrogens is 264 g/mol. The summed E-state index contributed by atoms with van der Waals surface area (Å²) in [7, 11) is 0. The van der Waals surface area contributed by atoms with Crippen molar-refractivity contribution in [1.82, 2.24) is 9.88 Å². The van der Waals surface area contributed by atoms with Gasteiger partial charge in [0.15, 0.2) is 5.13 Å². The summed E-state index contributed by atoms with van der Waals surface area (Å²) < 4.78 is 5.56. The van der Waals surface area contributed by atoms with E-state index in [1.165, 1.54) is 11.3 Å². The van der Waals surface area contributed by atoms with Crippen LogP contribution in [0.4, 0.5) is 5.13 Å². The van der Waals surface area contributed by atoms with Crippen LogP contribution in [0, 0.1) is 6.92 Å². The average molecular weight is 284 g/mol. The largest absolute Gasteiger partial charge is 0.374 e. The molecule has 0 radical (unpaired) electrons. The fourth-order valence-corrected chi connectivity index (χ4v) is 2.67. The van der Waals surface area contributed by atoms with E-state index in [-0.39, 0.29) is 18.1 Å². The average Bonchev–Trinajstić information content (AvgIpc) is 2.74. The molecule has 1 amide bonds. The van der Waals surface area contributed by atoms with Crippen molar-refractivity contribution >= 4 is 22.4 Å². The molecule has 0 saturated carbocycles. The number of morpholine rings is 1. The summed E-state index contributed by atoms with van der Waals surface area (Å²) in [6.45, 7) is 6.25. The maximum Gasteiger partial charge on any atom is 0.240 e. The molecule has 2 atom stereocenters. The lowest BCUT2D eigenvalue weighted by Gasteiger charge is -2.34. The smallest absolute Gasteiger partial charge is 0.240 e. The van der Waals surface area contributed by atoms with Gasteiger partial charge in [-0.3, -0.25) is 9.69 Å². The number of carbonyl (C=O) groups is 1. The number of nitrogens with one attached hydrogen (secondary N) is 1. The van der Waals surface area contributed by atoms with E-state index in [4.69, 9.17) is 10.5 Å². The van der Waals surface area contributed by atoms with Crippen molar-refractivity contribution in [3.05, 3.63) is 11.1 Å². The van der Waals surface area contributed by atoms with Crippen molar-refractivity contribution in [2.75, 3.05) is 31.6 Å². The van der Waals surface area contributed by atoms with Crippen molar-refractivity contribution in [3.8, 4) is 0 Å². The third-order valence-electron chi connectivity index (χ3n) is 3.00. The summed E-state index contributed by atoms with van der Waals surface area (Å²) in [6, 6.07) is -0.0209. The number of aryl methyl sites for hydroxylation is 1. The zero-order valence-corrected chi connectivity index (χ0v) is 12.1. The number of hydrogen-bond acceptors (Lipinski definition) is 6. The van der Waals surface area contributed by atoms with Gasteiger partial charge in [-0.15, -0.1) is 11.3 Å². The first-order valence-corrected chi connectivity index (χ1v) is 7.24. The van der Waals surface area contributed by atoms with Gasteiger partial charge in [-0.05, 0) is 13.8 Å². The predicted octanol–water partition coefficient (Wildman–Crippen LogP) is 0.438. The number of thiazole rings is 1. The quantitative estimate of drug-likeness (QED) is 0.838. The standard InChI is InChI=1S/C12H20N4O2S/c1-8-7-19-12(14-8)15-11(17)6-16-3-4-18-10(5-16)9(2)13/h7,9-10H,3-6,13H2,1-2H3,(H,14,15,17). The van der Waals surface area contributed by atoms with E-state index >= 15 is 0 Å². The van der Waals surface area contributed by atoms with Crippen LogP contribution in [-0.4, -0.2) is 54.2 Å². The van der Waals surface area contributed by atoms with E-state index in [2.05, 4.69) is 15.2 Å². The monoisotopic (exact) mass is 284 g/mol. The van der Waals surface area contributed by atoms with E-state index in [0.717, 1.165) is 12.2 Å². The molecule has 2 unspecified atom stereocenters. The van der Waals surface area contributed by atoms with Gasteiger partial charge in [0.1, 0.15) is 0 Å². The van der Waals surface area contributed by atoms with E-state index in [0.29, 0.717) is 24.8 Å². The van der Waals surface area contributed by atoms with E-state index in [1.807, 2.05) is 19.2 Å². The highest BCUT2D eigenvalue weighted by Gasteiger charge is 2.24. The van der Waals surface area contributed by atoms with E-state index in [9.17, 15) is 4.79 Å². The Morgan fingerprint density at radius 1 is 1.79 bits per heavy atom. The van der Waals surface area contributed by atoms with Crippen LogP contribution in [0.1, 0.15) is 12.6 Å². The number of nitrogens with two attached hydrogens (primary N) is 1. The Kier molecular flexibility index (Phi) is 4.87. The third kappa shape index (κ3) is 4.24. The SMILES string of the molecule is Cc1csc(NC(=O)CN2CCOC(C(C)N)C2)n1. The maximum absolute atomic E-state index is 11.9. The topological polar surface area (TPSA) is 80.5 Å². The molecule has 3 N–H and O–H groups in total. The first-order valence-electron chi connectivity index (χ1n) is 6.36. The zero-order chi connectivity index (χ0) is 13.8. The molecule has 7 heteroatoms. The van der Waals surface area contributed by atoms with Crippen molar-refractivity contribution < 1.29 is 9.53 Å². The number of amides is 1. The first-order chi connectivity index (χ1) is 9.04. The Morgan fingerprint density at radius 3 is 3.21 bits per heavy atom. The van der Waals surface area contributed by atoms with Crippen molar-refractivity contribution in [3.63, 3.8) is 0 Å². The predicted molar refractivity (Wildman–Crippen MR) is 75.3 cm³/mol. The molecule has 0 bridgehead atoms. The number of nitrogens with zero attached hydrogens (tertiary/aromatic N) is 2. The fourth-order valence-electron chi connectivity index (χ4n) is 1.97. The van der Waals surface area contributed by atoms with Gasteiger partial charge in [0, 0.05) is 24.5 Å². The summed E-state index contributed by atoms with van der Waals surface area (Å²) in [5.41, 5.74) is 6.75. The van der Waals surface area contributed by atoms with Crippen LogP contribution >= 0.6 is 11.3 Å². The molecule has 0 spiro atoms. The molecule has 2 heterocycles. The van der Waals surface area contributed by atoms with Crippen LogP contribution in [0.5, 0.6) is 0 Å². The number of rotatable bonds is 4. The molecule has 1 aromatic heterocycles. The minimum Gasteiger partial charge on any atom is -0.374 e. The van der Waals surface area contributed by atoms with E-state index < -0.39 is 0 Å². The van der Waals surface area contributed by atoms with Gasteiger partial charge >= 0.3 is 0 Å². The molecule has 0 aliphatic carbocycles. The van der Waals surface area contributed by atoms with Crippen LogP contribution in [0.15, 0.2) is 5.38 Å². The highest BCUT2D eigenvalue weighted by atomic mass is 32.1. The van der Waals surface area contributed by atoms with Gasteiger partial charge in [0.2, 0.25) is 5.91 Å². The van der Waals surface area contributed by atoms with Gasteiger partial charge < -0.3 is 15.8 Å². The Labute approximate surface area is 116 Å². The zero-order valence-electron chi connectivity index (χ0n) is 11.3. The molecule has 1 aliphatic rings. The van der Waals surface area contributed by atoms with Crippen LogP contribution in [0.25, 0.3) is 0 Å². The molecule has 1 aromatic rings. The Hall–Kier alpha value is -1.02. The Morgan fingerprint density at radius 2 is 2.58 bits per heavy atom. The molecular formula is C12H20N4O2S. The minimum atomic E-state index is -0.0420. The lowest BCUT2D eigenvalue weighted by atomic mass is 10.1. The molecule has 1 aliphatic heterocycles. The molecule has 1 saturated heterocycles. The maximum atomic E-state index is 11.9. The van der Waals surface area contributed by atoms with Gasteiger partial charge in [-0.25, -0.2) is 4.98 Å². The lowest BCUT2D eigenvalue weighted by Crippen LogP contribution is -2.51. The van der Waals surface area contributed by atoms with Crippen molar-refractivity contribution in [2.24, 2.45) is 5.73 Å². The number of aromatic nitrogens is 1. The molecule has 0 aromatic carbocycles. The van der Waals surface area contributed by atoms with Gasteiger partial charge in [-0.1, -0.05) is 0 Å². The molecule has 19 heavy (non-hydrogen) atoms. The second kappa shape index (κ2) is 6.42. The van der Waals surface area contributed by atoms with Crippen LogP contribution in [0.2, 0.25) is 0 Å². The summed E-state index contributed by atoms with van der Waals surface area (Å²) in [5.74, 6) is -0.0420. The number of ether oxygens (including phenoxy) is 1. The van der Waals surface area contributed by atoms with Gasteiger partial charge in [0.05, 0.1) is 24.9 Å². The fraction of sp³-hybridized carbons (Fsp3) is 0.667. The number of carbonyl (C=O) groups excluding carboxylic acids is 1. The summed E-state index contributed by atoms with van der Waals surface area (Å²) in [4.78, 5) is 18.2. The van der Waals surface area contributed by atoms with Gasteiger partial charge in [0.25, 0.3) is 0 Å². The summed E-state index contributed by atoms with van der Waals surface area (Å²) >= 11 is 1.44. The molecule has 1 fully saturated rings. The van der Waals surface area contributed by atoms with Crippen LogP contribution < -0.4 is 11.1 Å². The van der Waals surface area contributed by atoms with Crippen molar-refractivity contribution in [2.45, 2.75) is 26.0 Å². The van der Waals surface area contributed by atoms with E-state index in [1.54, 1.807) is 0 Å². The van der Waals surface area contributed by atoms with Crippen LogP contribution in [0.3, 0.4) is 0 Å². The second-order valence-corrected chi connectivity index (χ2v) is 5.70. The first kappa shape index (κ1) is 14.4. The number of anilines is 1.